The fraction of sp³-hybridized carbons (Fsp3) is 0.929. The molecule has 0 bridgehead atoms. The molecule has 2 heteroatoms. The monoisotopic (exact) mass is 229 g/mol. The Labute approximate surface area is 103 Å². The highest BCUT2D eigenvalue weighted by molar-refractivity contribution is 5.77. The number of rotatable bonds is 9. The van der Waals surface area contributed by atoms with Gasteiger partial charge in [-0.15, -0.1) is 0 Å². The minimum atomic E-state index is 0. The van der Waals surface area contributed by atoms with Crippen molar-refractivity contribution < 1.29 is 6.22 Å². The van der Waals surface area contributed by atoms with Crippen LogP contribution in [0.15, 0.2) is 0 Å². The number of nitrogens with one attached hydrogen (secondary N) is 1. The predicted octanol–water partition coefficient (Wildman–Crippen LogP) is 4.00. The molecule has 0 saturated heterocycles. The van der Waals surface area contributed by atoms with Gasteiger partial charge in [-0.25, -0.2) is 0 Å². The summed E-state index contributed by atoms with van der Waals surface area (Å²) in [5.74, 6) is 1.17. The van der Waals surface area contributed by atoms with Crippen molar-refractivity contribution in [2.45, 2.75) is 66.2 Å². The lowest BCUT2D eigenvalue weighted by atomic mass is 10.0. The molecule has 1 amide bonds. The molecule has 0 fully saturated rings. The number of hydrogen-bond acceptors (Lipinski definition) is 1. The average Bonchev–Trinajstić information content (AvgIpc) is 2.26. The van der Waals surface area contributed by atoms with Crippen LogP contribution in [0, 0.1) is 11.8 Å². The van der Waals surface area contributed by atoms with Crippen LogP contribution in [0.4, 0.5) is 0 Å². The normalized spacial score (nSPS) is 12.8. The van der Waals surface area contributed by atoms with Crippen LogP contribution < -0.4 is 5.32 Å². The Balaban J connectivity index is 0. The molecule has 0 saturated carbocycles. The molecule has 1 unspecified atom stereocenters. The quantitative estimate of drug-likeness (QED) is 0.595. The van der Waals surface area contributed by atoms with Crippen LogP contribution >= 0.6 is 0 Å². The van der Waals surface area contributed by atoms with Gasteiger partial charge in [-0.3, -0.25) is 4.79 Å². The summed E-state index contributed by atoms with van der Waals surface area (Å²) in [6.07, 6.45) is 7.67. The van der Waals surface area contributed by atoms with E-state index in [2.05, 4.69) is 19.2 Å². The second kappa shape index (κ2) is 9.68. The maximum atomic E-state index is 11.2. The van der Waals surface area contributed by atoms with Crippen molar-refractivity contribution in [2.24, 2.45) is 11.8 Å². The summed E-state index contributed by atoms with van der Waals surface area (Å²) in [4.78, 5) is 11.2. The molecule has 0 aliphatic rings. The summed E-state index contributed by atoms with van der Waals surface area (Å²) in [5.41, 5.74) is 0. The van der Waals surface area contributed by atoms with E-state index in [9.17, 15) is 4.79 Å². The van der Waals surface area contributed by atoms with Crippen LogP contribution in [-0.4, -0.2) is 12.5 Å². The molecule has 16 heavy (non-hydrogen) atoms. The smallest absolute Gasteiger partial charge is 0.222 e. The Morgan fingerprint density at radius 3 is 2.31 bits per heavy atom. The second-order valence-electron chi connectivity index (χ2n) is 5.16. The molecule has 0 aromatic rings. The number of carbonyl (C=O) groups excluding carboxylic acids is 1. The molecule has 0 radical (unpaired) electrons. The highest BCUT2D eigenvalue weighted by atomic mass is 16.1. The Morgan fingerprint density at radius 1 is 1.12 bits per heavy atom. The van der Waals surface area contributed by atoms with Gasteiger partial charge in [-0.05, 0) is 12.3 Å². The summed E-state index contributed by atoms with van der Waals surface area (Å²) in [5, 5.41) is 2.95. The van der Waals surface area contributed by atoms with Crippen molar-refractivity contribution in [1.29, 1.82) is 0 Å². The molecule has 1 N–H and O–H groups in total. The zero-order chi connectivity index (χ0) is 12.4. The van der Waals surface area contributed by atoms with Gasteiger partial charge in [0.25, 0.3) is 0 Å². The lowest BCUT2D eigenvalue weighted by Crippen LogP contribution is -2.28. The van der Waals surface area contributed by atoms with Crippen LogP contribution in [0.3, 0.4) is 0 Å². The molecular weight excluding hydrogens is 198 g/mol. The minimum absolute atomic E-state index is 0. The first-order chi connectivity index (χ1) is 7.57. The predicted molar refractivity (Wildman–Crippen MR) is 72.5 cm³/mol. The Hall–Kier alpha value is -0.530. The average molecular weight is 229 g/mol. The summed E-state index contributed by atoms with van der Waals surface area (Å²) in [7, 11) is 0. The molecule has 0 rings (SSSR count). The lowest BCUT2D eigenvalue weighted by Gasteiger charge is -2.09. The summed E-state index contributed by atoms with van der Waals surface area (Å²) in [6, 6.07) is 0. The van der Waals surface area contributed by atoms with E-state index < -0.39 is 0 Å². The second-order valence-corrected chi connectivity index (χ2v) is 5.16. The van der Waals surface area contributed by atoms with E-state index in [1.54, 1.807) is 0 Å². The fourth-order valence-corrected chi connectivity index (χ4v) is 1.59. The number of carbonyl (C=O) groups is 1. The summed E-state index contributed by atoms with van der Waals surface area (Å²) < 4.78 is 0. The number of unbranched alkanes of at least 4 members (excludes halogenated alkanes) is 3. The van der Waals surface area contributed by atoms with E-state index in [1.807, 2.05) is 13.8 Å². The molecule has 2 nitrogen and oxygen atoms in total. The van der Waals surface area contributed by atoms with Gasteiger partial charge in [-0.2, -0.15) is 0 Å². The third-order valence-electron chi connectivity index (χ3n) is 3.14. The molecule has 0 heterocycles. The van der Waals surface area contributed by atoms with Crippen LogP contribution in [0.25, 0.3) is 0 Å². The van der Waals surface area contributed by atoms with E-state index in [4.69, 9.17) is 0 Å². The highest BCUT2D eigenvalue weighted by Gasteiger charge is 2.04. The van der Waals surface area contributed by atoms with Gasteiger partial charge >= 0.3 is 0 Å². The zero-order valence-electron chi connectivity index (χ0n) is 11.5. The van der Waals surface area contributed by atoms with Gasteiger partial charge in [-0.1, -0.05) is 59.8 Å². The molecule has 0 aromatic heterocycles. The third-order valence-corrected chi connectivity index (χ3v) is 3.14. The van der Waals surface area contributed by atoms with E-state index >= 15 is 0 Å². The molecule has 0 spiro atoms. The van der Waals surface area contributed by atoms with Crippen molar-refractivity contribution in [3.8, 4) is 0 Å². The molecular formula is C14H31NO. The third kappa shape index (κ3) is 8.75. The van der Waals surface area contributed by atoms with Crippen molar-refractivity contribution >= 4 is 5.91 Å². The topological polar surface area (TPSA) is 29.1 Å². The van der Waals surface area contributed by atoms with Gasteiger partial charge in [0.2, 0.25) is 5.91 Å². The maximum Gasteiger partial charge on any atom is 0.222 e. The first kappa shape index (κ1) is 15.5. The van der Waals surface area contributed by atoms with E-state index in [0.717, 1.165) is 18.9 Å². The van der Waals surface area contributed by atoms with E-state index in [-0.39, 0.29) is 13.3 Å². The highest BCUT2D eigenvalue weighted by Crippen LogP contribution is 2.12. The molecule has 0 aliphatic heterocycles. The SMILES string of the molecule is CCC(C)CCCCCCNC(=O)C(C)C.[HH]. The Bertz CT molecular complexity index is 183. The van der Waals surface area contributed by atoms with Crippen LogP contribution in [0.2, 0.25) is 0 Å². The molecule has 0 aromatic carbocycles. The Kier molecular flexibility index (Phi) is 9.36. The largest absolute Gasteiger partial charge is 0.356 e. The van der Waals surface area contributed by atoms with Crippen molar-refractivity contribution in [1.82, 2.24) is 5.32 Å². The molecule has 0 aliphatic carbocycles. The molecule has 98 valence electrons. The summed E-state index contributed by atoms with van der Waals surface area (Å²) >= 11 is 0. The number of hydrogen-bond donors (Lipinski definition) is 1. The Morgan fingerprint density at radius 2 is 1.75 bits per heavy atom. The van der Waals surface area contributed by atoms with Crippen molar-refractivity contribution in [2.75, 3.05) is 6.54 Å². The number of amides is 1. The fourth-order valence-electron chi connectivity index (χ4n) is 1.59. The molecule has 1 atom stereocenters. The van der Waals surface area contributed by atoms with Gasteiger partial charge in [0.15, 0.2) is 0 Å². The van der Waals surface area contributed by atoms with Crippen LogP contribution in [0.1, 0.15) is 67.6 Å². The van der Waals surface area contributed by atoms with Crippen LogP contribution in [-0.2, 0) is 4.79 Å². The van der Waals surface area contributed by atoms with Gasteiger partial charge < -0.3 is 5.32 Å². The van der Waals surface area contributed by atoms with Gasteiger partial charge in [0.05, 0.1) is 0 Å². The first-order valence-electron chi connectivity index (χ1n) is 6.85. The maximum absolute atomic E-state index is 11.2. The lowest BCUT2D eigenvalue weighted by molar-refractivity contribution is -0.123. The van der Waals surface area contributed by atoms with Gasteiger partial charge in [0.1, 0.15) is 0 Å². The summed E-state index contributed by atoms with van der Waals surface area (Å²) in [6.45, 7) is 9.29. The van der Waals surface area contributed by atoms with Crippen molar-refractivity contribution in [3.63, 3.8) is 0 Å². The van der Waals surface area contributed by atoms with E-state index in [1.165, 1.54) is 32.1 Å². The minimum Gasteiger partial charge on any atom is -0.356 e. The van der Waals surface area contributed by atoms with Crippen molar-refractivity contribution in [3.05, 3.63) is 0 Å². The van der Waals surface area contributed by atoms with Crippen LogP contribution in [0.5, 0.6) is 0 Å². The van der Waals surface area contributed by atoms with E-state index in [0.29, 0.717) is 0 Å². The standard InChI is InChI=1S/C14H29NO.H2/c1-5-13(4)10-8-6-7-9-11-15-14(16)12(2)3;/h12-13H,5-11H2,1-4H3,(H,15,16);1H. The van der Waals surface area contributed by atoms with Gasteiger partial charge in [0, 0.05) is 13.9 Å². The first-order valence-corrected chi connectivity index (χ1v) is 6.85. The zero-order valence-corrected chi connectivity index (χ0v) is 11.5.